The number of aliphatic hydroxyl groups is 1. The standard InChI is InChI=1S/C23H30BrN5O4/c1-4-27-20-19(21(31)28(5-2)23(27)32)29(13-14-6-11-18(33-3)17(24)12-14)22(26-20)25-15-7-9-16(30)10-8-15/h6,11-12,15-16,30H,4-5,7-10,13H2,1-3H3,(H,25,26)/t15-,16-. The number of hydrogen-bond donors (Lipinski definition) is 2. The minimum Gasteiger partial charge on any atom is -0.496 e. The SMILES string of the molecule is CCn1c(=O)c2c(nc(N[C@H]3CC[C@H](O)CC3)n2Cc2ccc(OC)c(Br)c2)n(CC)c1=O. The van der Waals surface area contributed by atoms with Gasteiger partial charge in [0, 0.05) is 19.1 Å². The maximum atomic E-state index is 13.4. The topological polar surface area (TPSA) is 103 Å². The number of ether oxygens (including phenoxy) is 1. The lowest BCUT2D eigenvalue weighted by Gasteiger charge is -2.26. The Balaban J connectivity index is 1.87. The maximum absolute atomic E-state index is 13.4. The monoisotopic (exact) mass is 519 g/mol. The van der Waals surface area contributed by atoms with Crippen LogP contribution in [-0.4, -0.2) is 43.0 Å². The molecule has 0 bridgehead atoms. The Hall–Kier alpha value is -2.59. The van der Waals surface area contributed by atoms with Crippen LogP contribution >= 0.6 is 15.9 Å². The molecule has 0 atom stereocenters. The molecule has 178 valence electrons. The molecule has 1 fully saturated rings. The molecule has 9 nitrogen and oxygen atoms in total. The van der Waals surface area contributed by atoms with E-state index in [2.05, 4.69) is 21.2 Å². The fourth-order valence-corrected chi connectivity index (χ4v) is 5.10. The first kappa shape index (κ1) is 23.6. The summed E-state index contributed by atoms with van der Waals surface area (Å²) in [5.41, 5.74) is 1.07. The van der Waals surface area contributed by atoms with Crippen LogP contribution < -0.4 is 21.3 Å². The highest BCUT2D eigenvalue weighted by atomic mass is 79.9. The fourth-order valence-electron chi connectivity index (χ4n) is 4.51. The molecular formula is C23H30BrN5O4. The Bertz CT molecular complexity index is 1270. The Morgan fingerprint density at radius 3 is 2.42 bits per heavy atom. The zero-order valence-electron chi connectivity index (χ0n) is 19.2. The molecule has 2 aromatic heterocycles. The Kier molecular flexibility index (Phi) is 6.94. The maximum Gasteiger partial charge on any atom is 0.332 e. The molecule has 1 aliphatic carbocycles. The van der Waals surface area contributed by atoms with Crippen molar-refractivity contribution >= 4 is 33.0 Å². The van der Waals surface area contributed by atoms with Gasteiger partial charge in [0.1, 0.15) is 5.75 Å². The second kappa shape index (κ2) is 9.72. The fraction of sp³-hybridized carbons (Fsp3) is 0.522. The second-order valence-corrected chi connectivity index (χ2v) is 9.24. The third-order valence-electron chi connectivity index (χ3n) is 6.33. The number of halogens is 1. The number of rotatable bonds is 7. The number of aryl methyl sites for hydroxylation is 1. The average molecular weight is 520 g/mol. The van der Waals surface area contributed by atoms with Crippen molar-refractivity contribution in [2.45, 2.75) is 71.3 Å². The van der Waals surface area contributed by atoms with Gasteiger partial charge in [-0.1, -0.05) is 6.07 Å². The number of nitrogens with zero attached hydrogens (tertiary/aromatic N) is 4. The van der Waals surface area contributed by atoms with Crippen molar-refractivity contribution in [2.75, 3.05) is 12.4 Å². The van der Waals surface area contributed by atoms with E-state index in [1.807, 2.05) is 29.7 Å². The molecule has 0 aliphatic heterocycles. The van der Waals surface area contributed by atoms with Gasteiger partial charge in [0.25, 0.3) is 5.56 Å². The van der Waals surface area contributed by atoms with Crippen LogP contribution in [0.4, 0.5) is 5.95 Å². The van der Waals surface area contributed by atoms with Crippen LogP contribution in [0.5, 0.6) is 5.75 Å². The Morgan fingerprint density at radius 2 is 1.82 bits per heavy atom. The van der Waals surface area contributed by atoms with E-state index in [0.717, 1.165) is 41.5 Å². The highest BCUT2D eigenvalue weighted by Gasteiger charge is 2.25. The summed E-state index contributed by atoms with van der Waals surface area (Å²) >= 11 is 3.53. The van der Waals surface area contributed by atoms with Gasteiger partial charge in [-0.2, -0.15) is 4.98 Å². The van der Waals surface area contributed by atoms with E-state index in [0.29, 0.717) is 30.2 Å². The third kappa shape index (κ3) is 4.46. The van der Waals surface area contributed by atoms with Crippen molar-refractivity contribution in [1.29, 1.82) is 0 Å². The molecule has 0 spiro atoms. The lowest BCUT2D eigenvalue weighted by Crippen LogP contribution is -2.40. The van der Waals surface area contributed by atoms with Gasteiger partial charge in [-0.05, 0) is 73.2 Å². The summed E-state index contributed by atoms with van der Waals surface area (Å²) in [4.78, 5) is 31.0. The predicted molar refractivity (Wildman–Crippen MR) is 131 cm³/mol. The average Bonchev–Trinajstić information content (AvgIpc) is 3.14. The first-order chi connectivity index (χ1) is 15.9. The number of benzene rings is 1. The van der Waals surface area contributed by atoms with Crippen LogP contribution in [0.15, 0.2) is 32.3 Å². The van der Waals surface area contributed by atoms with Crippen LogP contribution in [0.1, 0.15) is 45.1 Å². The number of anilines is 1. The summed E-state index contributed by atoms with van der Waals surface area (Å²) in [5, 5.41) is 13.4. The number of imidazole rings is 1. The molecule has 0 amide bonds. The molecule has 10 heteroatoms. The number of fused-ring (bicyclic) bond motifs is 1. The van der Waals surface area contributed by atoms with Crippen LogP contribution in [0.25, 0.3) is 11.2 Å². The molecule has 0 saturated heterocycles. The molecule has 33 heavy (non-hydrogen) atoms. The molecule has 4 rings (SSSR count). The summed E-state index contributed by atoms with van der Waals surface area (Å²) in [6, 6.07) is 5.92. The van der Waals surface area contributed by atoms with Crippen molar-refractivity contribution in [3.8, 4) is 5.75 Å². The molecule has 3 aromatic rings. The van der Waals surface area contributed by atoms with Crippen molar-refractivity contribution in [1.82, 2.24) is 18.7 Å². The van der Waals surface area contributed by atoms with Crippen LogP contribution in [0, 0.1) is 0 Å². The van der Waals surface area contributed by atoms with E-state index in [9.17, 15) is 14.7 Å². The van der Waals surface area contributed by atoms with E-state index in [1.165, 1.54) is 4.57 Å². The van der Waals surface area contributed by atoms with Gasteiger partial charge >= 0.3 is 5.69 Å². The molecule has 0 unspecified atom stereocenters. The van der Waals surface area contributed by atoms with Crippen LogP contribution in [0.2, 0.25) is 0 Å². The van der Waals surface area contributed by atoms with E-state index >= 15 is 0 Å². The summed E-state index contributed by atoms with van der Waals surface area (Å²) in [6.45, 7) is 4.77. The van der Waals surface area contributed by atoms with E-state index in [4.69, 9.17) is 9.72 Å². The van der Waals surface area contributed by atoms with Gasteiger partial charge in [0.15, 0.2) is 11.2 Å². The van der Waals surface area contributed by atoms with Gasteiger partial charge in [-0.25, -0.2) is 4.79 Å². The first-order valence-corrected chi connectivity index (χ1v) is 12.2. The zero-order valence-corrected chi connectivity index (χ0v) is 20.8. The summed E-state index contributed by atoms with van der Waals surface area (Å²) in [6.07, 6.45) is 2.83. The lowest BCUT2D eigenvalue weighted by atomic mass is 9.93. The number of aromatic nitrogens is 4. The van der Waals surface area contributed by atoms with Gasteiger partial charge in [-0.15, -0.1) is 0 Å². The largest absolute Gasteiger partial charge is 0.496 e. The smallest absolute Gasteiger partial charge is 0.332 e. The van der Waals surface area contributed by atoms with Crippen molar-refractivity contribution in [2.24, 2.45) is 0 Å². The molecule has 2 heterocycles. The van der Waals surface area contributed by atoms with Gasteiger partial charge < -0.3 is 15.2 Å². The van der Waals surface area contributed by atoms with Gasteiger partial charge in [-0.3, -0.25) is 18.5 Å². The summed E-state index contributed by atoms with van der Waals surface area (Å²) < 4.78 is 10.8. The minimum atomic E-state index is -0.346. The highest BCUT2D eigenvalue weighted by Crippen LogP contribution is 2.28. The van der Waals surface area contributed by atoms with Crippen molar-refractivity contribution < 1.29 is 9.84 Å². The Morgan fingerprint density at radius 1 is 1.12 bits per heavy atom. The number of nitrogens with one attached hydrogen (secondary N) is 1. The normalized spacial score (nSPS) is 18.6. The molecule has 1 aromatic carbocycles. The number of hydrogen-bond acceptors (Lipinski definition) is 6. The van der Waals surface area contributed by atoms with E-state index in [1.54, 1.807) is 18.6 Å². The first-order valence-electron chi connectivity index (χ1n) is 11.4. The van der Waals surface area contributed by atoms with Crippen LogP contribution in [-0.2, 0) is 19.6 Å². The molecule has 2 N–H and O–H groups in total. The second-order valence-electron chi connectivity index (χ2n) is 8.39. The number of methoxy groups -OCH3 is 1. The van der Waals surface area contributed by atoms with Crippen molar-refractivity contribution in [3.05, 3.63) is 49.1 Å². The van der Waals surface area contributed by atoms with E-state index < -0.39 is 0 Å². The lowest BCUT2D eigenvalue weighted by molar-refractivity contribution is 0.126. The third-order valence-corrected chi connectivity index (χ3v) is 6.95. The predicted octanol–water partition coefficient (Wildman–Crippen LogP) is 2.93. The van der Waals surface area contributed by atoms with Crippen LogP contribution in [0.3, 0.4) is 0 Å². The van der Waals surface area contributed by atoms with Gasteiger partial charge in [0.05, 0.1) is 24.2 Å². The molecule has 1 saturated carbocycles. The minimum absolute atomic E-state index is 0.141. The summed E-state index contributed by atoms with van der Waals surface area (Å²) in [7, 11) is 1.61. The molecular weight excluding hydrogens is 490 g/mol. The van der Waals surface area contributed by atoms with Gasteiger partial charge in [0.2, 0.25) is 5.95 Å². The van der Waals surface area contributed by atoms with Crippen molar-refractivity contribution in [3.63, 3.8) is 0 Å². The zero-order chi connectivity index (χ0) is 23.7. The molecule has 1 aliphatic rings. The van der Waals surface area contributed by atoms with E-state index in [-0.39, 0.29) is 29.9 Å². The highest BCUT2D eigenvalue weighted by molar-refractivity contribution is 9.10. The quantitative estimate of drug-likeness (QED) is 0.497. The Labute approximate surface area is 200 Å². The number of aliphatic hydroxyl groups excluding tert-OH is 1. The molecule has 0 radical (unpaired) electrons. The summed E-state index contributed by atoms with van der Waals surface area (Å²) in [5.74, 6) is 1.28.